The quantitative estimate of drug-likeness (QED) is 0.656. The van der Waals surface area contributed by atoms with Crippen LogP contribution in [0.4, 0.5) is 0 Å². The molecule has 1 aromatic carbocycles. The van der Waals surface area contributed by atoms with Crippen LogP contribution in [0.3, 0.4) is 0 Å². The van der Waals surface area contributed by atoms with Crippen molar-refractivity contribution in [3.05, 3.63) is 29.8 Å². The summed E-state index contributed by atoms with van der Waals surface area (Å²) < 4.78 is 5.88. The Kier molecular flexibility index (Phi) is 6.95. The highest BCUT2D eigenvalue weighted by molar-refractivity contribution is 5.31. The third-order valence-electron chi connectivity index (χ3n) is 4.96. The molecular weight excluding hydrogens is 282 g/mol. The molecular formula is C21H35NO. The fourth-order valence-corrected chi connectivity index (χ4v) is 3.88. The highest BCUT2D eigenvalue weighted by Gasteiger charge is 2.21. The molecule has 0 bridgehead atoms. The maximum atomic E-state index is 5.88. The van der Waals surface area contributed by atoms with Crippen molar-refractivity contribution in [1.82, 2.24) is 5.32 Å². The van der Waals surface area contributed by atoms with Crippen molar-refractivity contribution in [1.29, 1.82) is 0 Å². The van der Waals surface area contributed by atoms with Crippen LogP contribution in [0.5, 0.6) is 5.75 Å². The Labute approximate surface area is 143 Å². The van der Waals surface area contributed by atoms with E-state index in [9.17, 15) is 0 Å². The third kappa shape index (κ3) is 6.18. The lowest BCUT2D eigenvalue weighted by Crippen LogP contribution is -2.34. The maximum Gasteiger partial charge on any atom is 0.119 e. The lowest BCUT2D eigenvalue weighted by Gasteiger charge is -2.27. The summed E-state index contributed by atoms with van der Waals surface area (Å²) in [6.45, 7) is 10.9. The molecule has 0 radical (unpaired) electrons. The van der Waals surface area contributed by atoms with E-state index in [1.165, 1.54) is 44.1 Å². The predicted molar refractivity (Wildman–Crippen MR) is 99.3 cm³/mol. The third-order valence-corrected chi connectivity index (χ3v) is 4.96. The molecule has 1 aliphatic rings. The van der Waals surface area contributed by atoms with Crippen LogP contribution in [0.25, 0.3) is 0 Å². The fraction of sp³-hybridized carbons (Fsp3) is 0.714. The Morgan fingerprint density at radius 2 is 1.74 bits per heavy atom. The number of ether oxygens (including phenoxy) is 1. The minimum atomic E-state index is 0.231. The molecule has 0 aliphatic heterocycles. The summed E-state index contributed by atoms with van der Waals surface area (Å²) >= 11 is 0. The molecule has 130 valence electrons. The van der Waals surface area contributed by atoms with Crippen molar-refractivity contribution in [2.45, 2.75) is 77.7 Å². The Hall–Kier alpha value is -1.02. The second-order valence-corrected chi connectivity index (χ2v) is 8.14. The first-order valence-corrected chi connectivity index (χ1v) is 9.44. The van der Waals surface area contributed by atoms with Gasteiger partial charge in [-0.3, -0.25) is 0 Å². The lowest BCUT2D eigenvalue weighted by atomic mass is 9.78. The molecule has 0 spiro atoms. The molecule has 23 heavy (non-hydrogen) atoms. The lowest BCUT2D eigenvalue weighted by molar-refractivity contribution is 0.289. The summed E-state index contributed by atoms with van der Waals surface area (Å²) in [5, 5.41) is 3.62. The van der Waals surface area contributed by atoms with Crippen LogP contribution in [0.15, 0.2) is 24.3 Å². The Morgan fingerprint density at radius 3 is 2.35 bits per heavy atom. The molecule has 1 saturated carbocycles. The molecule has 1 aliphatic carbocycles. The summed E-state index contributed by atoms with van der Waals surface area (Å²) in [7, 11) is 0. The van der Waals surface area contributed by atoms with Crippen LogP contribution in [0.2, 0.25) is 0 Å². The van der Waals surface area contributed by atoms with Gasteiger partial charge in [0.15, 0.2) is 0 Å². The van der Waals surface area contributed by atoms with Crippen LogP contribution < -0.4 is 10.1 Å². The second-order valence-electron chi connectivity index (χ2n) is 8.14. The Balaban J connectivity index is 1.74. The zero-order valence-corrected chi connectivity index (χ0v) is 15.5. The van der Waals surface area contributed by atoms with Gasteiger partial charge in [0, 0.05) is 12.6 Å². The average Bonchev–Trinajstić information content (AvgIpc) is 2.52. The van der Waals surface area contributed by atoms with E-state index in [1.807, 2.05) is 0 Å². The van der Waals surface area contributed by atoms with Gasteiger partial charge < -0.3 is 10.1 Å². The van der Waals surface area contributed by atoms with E-state index in [4.69, 9.17) is 4.74 Å². The van der Waals surface area contributed by atoms with E-state index >= 15 is 0 Å². The smallest absolute Gasteiger partial charge is 0.119 e. The molecule has 2 heteroatoms. The van der Waals surface area contributed by atoms with Crippen molar-refractivity contribution in [3.8, 4) is 5.75 Å². The van der Waals surface area contributed by atoms with E-state index < -0.39 is 0 Å². The van der Waals surface area contributed by atoms with E-state index in [2.05, 4.69) is 57.3 Å². The van der Waals surface area contributed by atoms with Gasteiger partial charge in [0.25, 0.3) is 0 Å². The molecule has 0 unspecified atom stereocenters. The van der Waals surface area contributed by atoms with E-state index in [1.54, 1.807) is 0 Å². The van der Waals surface area contributed by atoms with Crippen molar-refractivity contribution < 1.29 is 4.74 Å². The van der Waals surface area contributed by atoms with Gasteiger partial charge in [0.05, 0.1) is 0 Å². The van der Waals surface area contributed by atoms with Gasteiger partial charge in [-0.2, -0.15) is 0 Å². The summed E-state index contributed by atoms with van der Waals surface area (Å²) in [5.74, 6) is 1.70. The number of nitrogens with one attached hydrogen (secondary N) is 1. The molecule has 2 nitrogen and oxygen atoms in total. The van der Waals surface area contributed by atoms with Gasteiger partial charge in [-0.05, 0) is 48.3 Å². The first kappa shape index (κ1) is 18.3. The molecule has 0 aromatic heterocycles. The molecule has 0 saturated heterocycles. The van der Waals surface area contributed by atoms with Gasteiger partial charge in [-0.15, -0.1) is 0 Å². The SMILES string of the molecule is CC(C)CC(C)(C)c1ccc(OCCNC2CCCCC2)cc1. The highest BCUT2D eigenvalue weighted by Crippen LogP contribution is 2.31. The first-order valence-electron chi connectivity index (χ1n) is 9.44. The average molecular weight is 318 g/mol. The van der Waals surface area contributed by atoms with Gasteiger partial charge in [0.1, 0.15) is 12.4 Å². The second kappa shape index (κ2) is 8.73. The molecule has 0 atom stereocenters. The number of hydrogen-bond acceptors (Lipinski definition) is 2. The molecule has 0 heterocycles. The summed E-state index contributed by atoms with van der Waals surface area (Å²) in [4.78, 5) is 0. The topological polar surface area (TPSA) is 21.3 Å². The molecule has 2 rings (SSSR count). The van der Waals surface area contributed by atoms with E-state index in [-0.39, 0.29) is 5.41 Å². The van der Waals surface area contributed by atoms with Crippen LogP contribution in [0.1, 0.15) is 71.8 Å². The summed E-state index contributed by atoms with van der Waals surface area (Å²) in [6, 6.07) is 9.42. The molecule has 0 amide bonds. The Bertz CT molecular complexity index is 443. The van der Waals surface area contributed by atoms with Crippen LogP contribution >= 0.6 is 0 Å². The van der Waals surface area contributed by atoms with Crippen molar-refractivity contribution in [2.75, 3.05) is 13.2 Å². The zero-order chi connectivity index (χ0) is 16.7. The van der Waals surface area contributed by atoms with Gasteiger partial charge in [0.2, 0.25) is 0 Å². The van der Waals surface area contributed by atoms with Crippen molar-refractivity contribution in [3.63, 3.8) is 0 Å². The zero-order valence-electron chi connectivity index (χ0n) is 15.5. The molecule has 1 aromatic rings. The van der Waals surface area contributed by atoms with Gasteiger partial charge >= 0.3 is 0 Å². The maximum absolute atomic E-state index is 5.88. The van der Waals surface area contributed by atoms with Crippen LogP contribution in [-0.2, 0) is 5.41 Å². The molecule has 1 fully saturated rings. The predicted octanol–water partition coefficient (Wildman–Crippen LogP) is 5.31. The Morgan fingerprint density at radius 1 is 1.09 bits per heavy atom. The first-order chi connectivity index (χ1) is 11.0. The minimum absolute atomic E-state index is 0.231. The van der Waals surface area contributed by atoms with E-state index in [0.717, 1.165) is 18.9 Å². The normalized spacial score (nSPS) is 16.7. The highest BCUT2D eigenvalue weighted by atomic mass is 16.5. The number of rotatable bonds is 8. The summed E-state index contributed by atoms with van der Waals surface area (Å²) in [6.07, 6.45) is 8.05. The summed E-state index contributed by atoms with van der Waals surface area (Å²) in [5.41, 5.74) is 1.63. The monoisotopic (exact) mass is 317 g/mol. The standard InChI is InChI=1S/C21H35NO/c1-17(2)16-21(3,4)18-10-12-20(13-11-18)23-15-14-22-19-8-6-5-7-9-19/h10-13,17,19,22H,5-9,14-16H2,1-4H3. The van der Waals surface area contributed by atoms with Crippen molar-refractivity contribution >= 4 is 0 Å². The fourth-order valence-electron chi connectivity index (χ4n) is 3.88. The largest absolute Gasteiger partial charge is 0.492 e. The van der Waals surface area contributed by atoms with Crippen LogP contribution in [0, 0.1) is 5.92 Å². The van der Waals surface area contributed by atoms with Crippen LogP contribution in [-0.4, -0.2) is 19.2 Å². The number of hydrogen-bond donors (Lipinski definition) is 1. The van der Waals surface area contributed by atoms with Gasteiger partial charge in [-0.25, -0.2) is 0 Å². The van der Waals surface area contributed by atoms with E-state index in [0.29, 0.717) is 12.0 Å². The minimum Gasteiger partial charge on any atom is -0.492 e. The molecule has 1 N–H and O–H groups in total. The number of benzene rings is 1. The van der Waals surface area contributed by atoms with Gasteiger partial charge in [-0.1, -0.05) is 59.1 Å². The van der Waals surface area contributed by atoms with Crippen molar-refractivity contribution in [2.24, 2.45) is 5.92 Å².